The van der Waals surface area contributed by atoms with Crippen LogP contribution >= 0.6 is 0 Å². The van der Waals surface area contributed by atoms with Crippen molar-refractivity contribution < 1.29 is 17.7 Å². The van der Waals surface area contributed by atoms with E-state index in [2.05, 4.69) is 78.1 Å². The molecule has 0 N–H and O–H groups in total. The van der Waals surface area contributed by atoms with Crippen molar-refractivity contribution in [2.24, 2.45) is 0 Å². The molecule has 0 atom stereocenters. The fraction of sp³-hybridized carbons (Fsp3) is 0.579. The van der Waals surface area contributed by atoms with Gasteiger partial charge in [-0.15, -0.1) is 0 Å². The van der Waals surface area contributed by atoms with E-state index in [-0.39, 0.29) is 0 Å². The van der Waals surface area contributed by atoms with E-state index in [1.165, 1.54) is 0 Å². The van der Waals surface area contributed by atoms with Crippen molar-refractivity contribution in [3.63, 3.8) is 0 Å². The van der Waals surface area contributed by atoms with Gasteiger partial charge in [-0.2, -0.15) is 0 Å². The highest BCUT2D eigenvalue weighted by molar-refractivity contribution is 6.72. The van der Waals surface area contributed by atoms with Crippen LogP contribution in [0.25, 0.3) is 5.76 Å². The molecule has 0 fully saturated rings. The molecule has 1 aromatic rings. The van der Waals surface area contributed by atoms with Gasteiger partial charge >= 0.3 is 0 Å². The summed E-state index contributed by atoms with van der Waals surface area (Å²) in [5.74, 6) is 2.53. The molecule has 1 aromatic carbocycles. The van der Waals surface area contributed by atoms with E-state index in [1.54, 1.807) is 0 Å². The summed E-state index contributed by atoms with van der Waals surface area (Å²) in [5.41, 5.74) is 0.979. The molecule has 0 aliphatic heterocycles. The Hall–Kier alpha value is -0.756. The van der Waals surface area contributed by atoms with Crippen molar-refractivity contribution in [1.82, 2.24) is 0 Å². The number of hydrogen-bond acceptors (Lipinski definition) is 4. The zero-order chi connectivity index (χ0) is 21.9. The Morgan fingerprint density at radius 2 is 1.36 bits per heavy atom. The Bertz CT molecular complexity index is 698. The summed E-state index contributed by atoms with van der Waals surface area (Å²) in [6.45, 7) is 24.4. The highest BCUT2D eigenvalue weighted by atomic mass is 28.4. The second-order valence-corrected chi connectivity index (χ2v) is 26.9. The highest BCUT2D eigenvalue weighted by Gasteiger charge is 2.30. The van der Waals surface area contributed by atoms with Gasteiger partial charge in [0.1, 0.15) is 20.3 Å². The van der Waals surface area contributed by atoms with Gasteiger partial charge in [0.2, 0.25) is 35.4 Å². The molecular formula is C19H40O4Si5. The minimum atomic E-state index is -1.87. The van der Waals surface area contributed by atoms with Gasteiger partial charge in [-0.05, 0) is 71.1 Å². The topological polar surface area (TPSA) is 36.9 Å². The van der Waals surface area contributed by atoms with E-state index in [4.69, 9.17) is 17.7 Å². The first kappa shape index (κ1) is 25.3. The zero-order valence-electron chi connectivity index (χ0n) is 19.9. The molecule has 9 heteroatoms. The highest BCUT2D eigenvalue weighted by Crippen LogP contribution is 2.41. The van der Waals surface area contributed by atoms with Crippen molar-refractivity contribution in [2.75, 3.05) is 0 Å². The molecule has 0 saturated heterocycles. The molecule has 0 aliphatic rings. The Labute approximate surface area is 180 Å². The lowest BCUT2D eigenvalue weighted by Crippen LogP contribution is -2.33. The van der Waals surface area contributed by atoms with Gasteiger partial charge in [0.15, 0.2) is 5.75 Å². The summed E-state index contributed by atoms with van der Waals surface area (Å²) in [6.07, 6.45) is 0. The minimum Gasteiger partial charge on any atom is -0.557 e. The molecule has 0 aromatic heterocycles. The summed E-state index contributed by atoms with van der Waals surface area (Å²) in [4.78, 5) is 0. The van der Waals surface area contributed by atoms with Gasteiger partial charge in [-0.1, -0.05) is 19.2 Å². The quantitative estimate of drug-likeness (QED) is 0.376. The molecule has 0 spiro atoms. The standard InChI is InChI=1S/C19H40O4Si5/c1-25(2)19(20-24)18(23-28(9,10)11)15-13-12-14-16(21-26(3,4)5)17(15)22-27(6,7)8/h12-14,25H,1-11,24H3. The third-order valence-corrected chi connectivity index (χ3v) is 8.35. The first-order valence-electron chi connectivity index (χ1n) is 10.0. The molecule has 160 valence electrons. The molecule has 0 saturated carbocycles. The number of para-hydroxylation sites is 1. The van der Waals surface area contributed by atoms with Crippen LogP contribution < -0.4 is 8.85 Å². The second-order valence-electron chi connectivity index (χ2n) is 10.3. The third kappa shape index (κ3) is 8.31. The molecule has 0 heterocycles. The molecular weight excluding hydrogens is 433 g/mol. The van der Waals surface area contributed by atoms with E-state index < -0.39 is 33.7 Å². The van der Waals surface area contributed by atoms with Crippen LogP contribution in [0.4, 0.5) is 0 Å². The van der Waals surface area contributed by atoms with Gasteiger partial charge in [0.25, 0.3) is 0 Å². The van der Waals surface area contributed by atoms with Crippen LogP contribution in [0.5, 0.6) is 11.5 Å². The molecule has 4 nitrogen and oxygen atoms in total. The van der Waals surface area contributed by atoms with Gasteiger partial charge < -0.3 is 17.7 Å². The van der Waals surface area contributed by atoms with Crippen LogP contribution in [-0.4, -0.2) is 44.2 Å². The van der Waals surface area contributed by atoms with E-state index >= 15 is 0 Å². The first-order valence-corrected chi connectivity index (χ1v) is 24.0. The van der Waals surface area contributed by atoms with Gasteiger partial charge in [0, 0.05) is 0 Å². The Balaban J connectivity index is 3.79. The van der Waals surface area contributed by atoms with Crippen molar-refractivity contribution in [3.8, 4) is 11.5 Å². The Morgan fingerprint density at radius 1 is 0.821 bits per heavy atom. The normalized spacial score (nSPS) is 14.0. The van der Waals surface area contributed by atoms with Crippen LogP contribution in [0.15, 0.2) is 23.6 Å². The Morgan fingerprint density at radius 3 is 1.75 bits per heavy atom. The lowest BCUT2D eigenvalue weighted by molar-refractivity contribution is 0.443. The van der Waals surface area contributed by atoms with Crippen LogP contribution in [0.1, 0.15) is 5.56 Å². The predicted molar refractivity (Wildman–Crippen MR) is 136 cm³/mol. The smallest absolute Gasteiger partial charge is 0.242 e. The molecule has 28 heavy (non-hydrogen) atoms. The molecule has 0 bridgehead atoms. The van der Waals surface area contributed by atoms with Crippen molar-refractivity contribution in [3.05, 3.63) is 29.1 Å². The lowest BCUT2D eigenvalue weighted by Gasteiger charge is -2.31. The molecule has 1 rings (SSSR count). The summed E-state index contributed by atoms with van der Waals surface area (Å²) in [6, 6.07) is 6.17. The average Bonchev–Trinajstić information content (AvgIpc) is 2.44. The van der Waals surface area contributed by atoms with Crippen molar-refractivity contribution in [2.45, 2.75) is 72.0 Å². The lowest BCUT2D eigenvalue weighted by atomic mass is 10.1. The third-order valence-electron chi connectivity index (χ3n) is 3.42. The van der Waals surface area contributed by atoms with Crippen molar-refractivity contribution >= 4 is 50.0 Å². The molecule has 0 aliphatic carbocycles. The van der Waals surface area contributed by atoms with Crippen LogP contribution in [0.3, 0.4) is 0 Å². The number of rotatable bonds is 9. The summed E-state index contributed by atoms with van der Waals surface area (Å²) < 4.78 is 25.6. The second kappa shape index (κ2) is 9.37. The summed E-state index contributed by atoms with van der Waals surface area (Å²) >= 11 is 0. The van der Waals surface area contributed by atoms with Crippen LogP contribution in [0, 0.1) is 0 Å². The fourth-order valence-electron chi connectivity index (χ4n) is 2.65. The van der Waals surface area contributed by atoms with Crippen molar-refractivity contribution in [1.29, 1.82) is 0 Å². The first-order chi connectivity index (χ1) is 12.5. The maximum Gasteiger partial charge on any atom is 0.242 e. The van der Waals surface area contributed by atoms with Crippen LogP contribution in [0.2, 0.25) is 72.0 Å². The fourth-order valence-corrected chi connectivity index (χ4v) is 8.05. The monoisotopic (exact) mass is 472 g/mol. The Kier molecular flexibility index (Phi) is 8.46. The average molecular weight is 473 g/mol. The van der Waals surface area contributed by atoms with Gasteiger partial charge in [-0.3, -0.25) is 0 Å². The molecule has 0 unspecified atom stereocenters. The zero-order valence-corrected chi connectivity index (χ0v) is 26.1. The van der Waals surface area contributed by atoms with Gasteiger partial charge in [-0.25, -0.2) is 0 Å². The van der Waals surface area contributed by atoms with Crippen LogP contribution in [-0.2, 0) is 8.85 Å². The minimum absolute atomic E-state index is 0.648. The van der Waals surface area contributed by atoms with E-state index in [0.29, 0.717) is 10.5 Å². The summed E-state index contributed by atoms with van der Waals surface area (Å²) in [5, 5.41) is 1.04. The van der Waals surface area contributed by atoms with E-state index in [9.17, 15) is 0 Å². The number of hydrogen-bond donors (Lipinski definition) is 0. The number of benzene rings is 1. The van der Waals surface area contributed by atoms with Gasteiger partial charge in [0.05, 0.1) is 10.9 Å². The van der Waals surface area contributed by atoms with E-state index in [1.807, 2.05) is 12.1 Å². The summed E-state index contributed by atoms with van der Waals surface area (Å²) in [7, 11) is -6.08. The van der Waals surface area contributed by atoms with E-state index in [0.717, 1.165) is 28.2 Å². The predicted octanol–water partition coefficient (Wildman–Crippen LogP) is 4.96. The maximum absolute atomic E-state index is 6.62. The SMILES string of the molecule is C[SiH](C)C(O[SiH3])=C(O[Si](C)(C)C)c1cccc(O[Si](C)(C)C)c1O[Si](C)(C)C. The maximum atomic E-state index is 6.62. The largest absolute Gasteiger partial charge is 0.557 e. The molecule has 0 radical (unpaired) electrons. The molecule has 0 amide bonds.